The third-order valence-electron chi connectivity index (χ3n) is 3.74. The molecule has 1 aromatic carbocycles. The second-order valence-corrected chi connectivity index (χ2v) is 5.26. The molecule has 2 atom stereocenters. The summed E-state index contributed by atoms with van der Waals surface area (Å²) in [5.41, 5.74) is 0.810. The summed E-state index contributed by atoms with van der Waals surface area (Å²) in [4.78, 5) is 14.1. The molecule has 2 bridgehead atoms. The van der Waals surface area contributed by atoms with Crippen LogP contribution in [0.2, 0.25) is 5.02 Å². The van der Waals surface area contributed by atoms with Gasteiger partial charge in [-0.1, -0.05) is 11.6 Å². The van der Waals surface area contributed by atoms with Gasteiger partial charge < -0.3 is 10.2 Å². The highest BCUT2D eigenvalue weighted by atomic mass is 35.5. The van der Waals surface area contributed by atoms with Crippen LogP contribution in [0.1, 0.15) is 25.7 Å². The average Bonchev–Trinajstić information content (AvgIpc) is 2.33. The van der Waals surface area contributed by atoms with Crippen LogP contribution in [0.3, 0.4) is 0 Å². The summed E-state index contributed by atoms with van der Waals surface area (Å²) in [7, 11) is 0. The molecular weight excluding hydrogens is 236 g/mol. The molecule has 0 spiro atoms. The van der Waals surface area contributed by atoms with Crippen molar-refractivity contribution in [1.82, 2.24) is 4.90 Å². The summed E-state index contributed by atoms with van der Waals surface area (Å²) in [6.45, 7) is 0. The topological polar surface area (TPSA) is 32.3 Å². The lowest BCUT2D eigenvalue weighted by Crippen LogP contribution is -2.62. The summed E-state index contributed by atoms with van der Waals surface area (Å²) in [6.07, 6.45) is 4.77. The number of carbonyl (C=O) groups excluding carboxylic acids is 1. The summed E-state index contributed by atoms with van der Waals surface area (Å²) >= 11 is 5.80. The van der Waals surface area contributed by atoms with Gasteiger partial charge in [-0.3, -0.25) is 0 Å². The number of nitrogens with one attached hydrogen (secondary N) is 1. The van der Waals surface area contributed by atoms with Gasteiger partial charge in [-0.2, -0.15) is 0 Å². The molecule has 1 N–H and O–H groups in total. The van der Waals surface area contributed by atoms with Crippen LogP contribution in [0.25, 0.3) is 0 Å². The van der Waals surface area contributed by atoms with Crippen LogP contribution in [0.4, 0.5) is 10.5 Å². The van der Waals surface area contributed by atoms with E-state index in [9.17, 15) is 4.79 Å². The quantitative estimate of drug-likeness (QED) is 0.813. The fourth-order valence-corrected chi connectivity index (χ4v) is 2.98. The summed E-state index contributed by atoms with van der Waals surface area (Å²) in [6, 6.07) is 8.21. The van der Waals surface area contributed by atoms with Gasteiger partial charge in [0.05, 0.1) is 0 Å². The SMILES string of the molecule is O=C(Nc1ccc(Cl)cc1)N1C2CCCC1C2. The average molecular weight is 251 g/mol. The lowest BCUT2D eigenvalue weighted by molar-refractivity contribution is 0.0173. The molecule has 0 saturated carbocycles. The highest BCUT2D eigenvalue weighted by Crippen LogP contribution is 2.38. The number of amides is 2. The second-order valence-electron chi connectivity index (χ2n) is 4.82. The molecule has 2 unspecified atom stereocenters. The molecule has 1 aromatic rings. The van der Waals surface area contributed by atoms with E-state index in [1.165, 1.54) is 12.8 Å². The molecule has 2 saturated heterocycles. The third kappa shape index (κ3) is 2.00. The second kappa shape index (κ2) is 4.22. The van der Waals surface area contributed by atoms with Gasteiger partial charge in [-0.15, -0.1) is 0 Å². The number of fused-ring (bicyclic) bond motifs is 2. The number of anilines is 1. The third-order valence-corrected chi connectivity index (χ3v) is 3.99. The molecule has 2 fully saturated rings. The van der Waals surface area contributed by atoms with Gasteiger partial charge >= 0.3 is 6.03 Å². The van der Waals surface area contributed by atoms with Crippen molar-refractivity contribution in [2.24, 2.45) is 0 Å². The Morgan fingerprint density at radius 3 is 2.47 bits per heavy atom. The zero-order chi connectivity index (χ0) is 11.8. The first-order valence-electron chi connectivity index (χ1n) is 6.09. The van der Waals surface area contributed by atoms with Crippen LogP contribution in [-0.4, -0.2) is 23.0 Å². The van der Waals surface area contributed by atoms with Crippen molar-refractivity contribution in [3.05, 3.63) is 29.3 Å². The van der Waals surface area contributed by atoms with E-state index in [-0.39, 0.29) is 6.03 Å². The number of hydrogen-bond acceptors (Lipinski definition) is 1. The highest BCUT2D eigenvalue weighted by Gasteiger charge is 2.44. The zero-order valence-electron chi connectivity index (χ0n) is 9.53. The van der Waals surface area contributed by atoms with E-state index in [4.69, 9.17) is 11.6 Å². The Bertz CT molecular complexity index is 418. The maximum atomic E-state index is 12.1. The highest BCUT2D eigenvalue weighted by molar-refractivity contribution is 6.30. The first-order valence-corrected chi connectivity index (χ1v) is 6.47. The van der Waals surface area contributed by atoms with Crippen molar-refractivity contribution in [2.45, 2.75) is 37.8 Å². The molecule has 90 valence electrons. The minimum absolute atomic E-state index is 0.0354. The molecule has 3 rings (SSSR count). The fraction of sp³-hybridized carbons (Fsp3) is 0.462. The molecular formula is C13H15ClN2O. The van der Waals surface area contributed by atoms with Crippen molar-refractivity contribution < 1.29 is 4.79 Å². The molecule has 2 aliphatic heterocycles. The number of halogens is 1. The van der Waals surface area contributed by atoms with Gasteiger partial charge in [-0.25, -0.2) is 4.79 Å². The van der Waals surface area contributed by atoms with Gasteiger partial charge in [0.1, 0.15) is 0 Å². The summed E-state index contributed by atoms with van der Waals surface area (Å²) in [5, 5.41) is 3.61. The van der Waals surface area contributed by atoms with Crippen molar-refractivity contribution in [2.75, 3.05) is 5.32 Å². The Hall–Kier alpha value is -1.22. The molecule has 0 radical (unpaired) electrons. The number of piperidine rings is 1. The Morgan fingerprint density at radius 2 is 1.88 bits per heavy atom. The maximum absolute atomic E-state index is 12.1. The molecule has 2 aliphatic rings. The number of rotatable bonds is 1. The lowest BCUT2D eigenvalue weighted by atomic mass is 9.80. The number of benzene rings is 1. The van der Waals surface area contributed by atoms with Gasteiger partial charge in [0, 0.05) is 22.8 Å². The van der Waals surface area contributed by atoms with Crippen LogP contribution >= 0.6 is 11.6 Å². The predicted molar refractivity (Wildman–Crippen MR) is 68.4 cm³/mol. The van der Waals surface area contributed by atoms with Crippen LogP contribution in [-0.2, 0) is 0 Å². The molecule has 0 aromatic heterocycles. The van der Waals surface area contributed by atoms with E-state index >= 15 is 0 Å². The Kier molecular flexibility index (Phi) is 2.71. The normalized spacial score (nSPS) is 26.3. The first kappa shape index (κ1) is 10.9. The van der Waals surface area contributed by atoms with Gasteiger partial charge in [-0.05, 0) is 49.9 Å². The van der Waals surface area contributed by atoms with Gasteiger partial charge in [0.25, 0.3) is 0 Å². The monoisotopic (exact) mass is 250 g/mol. The summed E-state index contributed by atoms with van der Waals surface area (Å²) in [5.74, 6) is 0. The van der Waals surface area contributed by atoms with E-state index in [2.05, 4.69) is 5.32 Å². The Morgan fingerprint density at radius 1 is 1.24 bits per heavy atom. The number of nitrogens with zero attached hydrogens (tertiary/aromatic N) is 1. The Balaban J connectivity index is 1.65. The molecule has 17 heavy (non-hydrogen) atoms. The van der Waals surface area contributed by atoms with E-state index in [1.54, 1.807) is 12.1 Å². The van der Waals surface area contributed by atoms with E-state index < -0.39 is 0 Å². The first-order chi connectivity index (χ1) is 8.24. The smallest absolute Gasteiger partial charge is 0.318 e. The number of carbonyl (C=O) groups is 1. The standard InChI is InChI=1S/C13H15ClN2O/c14-9-4-6-10(7-5-9)15-13(17)16-11-2-1-3-12(16)8-11/h4-7,11-12H,1-3,8H2,(H,15,17). The van der Waals surface area contributed by atoms with Crippen LogP contribution in [0, 0.1) is 0 Å². The molecule has 2 amide bonds. The molecule has 0 aliphatic carbocycles. The van der Waals surface area contributed by atoms with E-state index in [0.717, 1.165) is 18.5 Å². The van der Waals surface area contributed by atoms with Gasteiger partial charge in [0.2, 0.25) is 0 Å². The summed E-state index contributed by atoms with van der Waals surface area (Å²) < 4.78 is 0. The maximum Gasteiger partial charge on any atom is 0.322 e. The van der Waals surface area contributed by atoms with Crippen LogP contribution < -0.4 is 5.32 Å². The predicted octanol–water partition coefficient (Wildman–Crippen LogP) is 3.50. The fourth-order valence-electron chi connectivity index (χ4n) is 2.86. The van der Waals surface area contributed by atoms with E-state index in [1.807, 2.05) is 17.0 Å². The lowest BCUT2D eigenvalue weighted by Gasteiger charge is -2.52. The van der Waals surface area contributed by atoms with Crippen molar-refractivity contribution in [3.63, 3.8) is 0 Å². The minimum Gasteiger partial charge on any atom is -0.318 e. The molecule has 3 nitrogen and oxygen atoms in total. The van der Waals surface area contributed by atoms with E-state index in [0.29, 0.717) is 17.1 Å². The number of urea groups is 1. The molecule has 2 heterocycles. The van der Waals surface area contributed by atoms with Crippen molar-refractivity contribution in [3.8, 4) is 0 Å². The van der Waals surface area contributed by atoms with Crippen molar-refractivity contribution in [1.29, 1.82) is 0 Å². The van der Waals surface area contributed by atoms with Crippen LogP contribution in [0.5, 0.6) is 0 Å². The van der Waals surface area contributed by atoms with Crippen molar-refractivity contribution >= 4 is 23.3 Å². The minimum atomic E-state index is 0.0354. The molecule has 4 heteroatoms. The number of hydrogen-bond donors (Lipinski definition) is 1. The van der Waals surface area contributed by atoms with Gasteiger partial charge in [0.15, 0.2) is 0 Å². The largest absolute Gasteiger partial charge is 0.322 e. The Labute approximate surface area is 106 Å². The zero-order valence-corrected chi connectivity index (χ0v) is 10.3. The van der Waals surface area contributed by atoms with Crippen LogP contribution in [0.15, 0.2) is 24.3 Å².